The van der Waals surface area contributed by atoms with Gasteiger partial charge in [-0.05, 0) is 37.9 Å². The van der Waals surface area contributed by atoms with E-state index in [-0.39, 0.29) is 11.7 Å². The van der Waals surface area contributed by atoms with Crippen LogP contribution in [0.15, 0.2) is 24.3 Å². The molecule has 0 N–H and O–H groups in total. The molecule has 0 aromatic heterocycles. The number of halogens is 1. The van der Waals surface area contributed by atoms with Crippen LogP contribution in [0.2, 0.25) is 0 Å². The Kier molecular flexibility index (Phi) is 5.74. The van der Waals surface area contributed by atoms with Crippen LogP contribution < -0.4 is 0 Å². The van der Waals surface area contributed by atoms with Crippen LogP contribution in [0.3, 0.4) is 0 Å². The van der Waals surface area contributed by atoms with Gasteiger partial charge < -0.3 is 4.90 Å². The van der Waals surface area contributed by atoms with Crippen LogP contribution in [-0.2, 0) is 11.3 Å². The van der Waals surface area contributed by atoms with Crippen molar-refractivity contribution in [3.05, 3.63) is 35.6 Å². The van der Waals surface area contributed by atoms with Crippen molar-refractivity contribution in [1.29, 1.82) is 0 Å². The maximum Gasteiger partial charge on any atom is 0.222 e. The second-order valence-corrected chi connectivity index (χ2v) is 5.94. The van der Waals surface area contributed by atoms with Gasteiger partial charge in [0.15, 0.2) is 0 Å². The molecule has 1 amide bonds. The molecule has 0 aliphatic carbocycles. The molecule has 0 saturated carbocycles. The Morgan fingerprint density at radius 3 is 2.62 bits per heavy atom. The third kappa shape index (κ3) is 4.53. The minimum absolute atomic E-state index is 0.118. The minimum Gasteiger partial charge on any atom is -0.345 e. The molecule has 0 unspecified atom stereocenters. The van der Waals surface area contributed by atoms with Crippen LogP contribution in [0.5, 0.6) is 0 Å². The minimum atomic E-state index is -0.118. The zero-order valence-corrected chi connectivity index (χ0v) is 13.0. The molecule has 4 heteroatoms. The Balaban J connectivity index is 1.78. The Morgan fingerprint density at radius 2 is 2.00 bits per heavy atom. The monoisotopic (exact) mass is 292 g/mol. The number of amides is 1. The average molecular weight is 292 g/mol. The van der Waals surface area contributed by atoms with Gasteiger partial charge in [0.05, 0.1) is 0 Å². The molecule has 1 aromatic rings. The van der Waals surface area contributed by atoms with Crippen LogP contribution in [0.4, 0.5) is 4.39 Å². The van der Waals surface area contributed by atoms with Gasteiger partial charge in [-0.1, -0.05) is 25.1 Å². The average Bonchev–Trinajstić information content (AvgIpc) is 2.50. The molecule has 0 radical (unpaired) electrons. The van der Waals surface area contributed by atoms with Gasteiger partial charge in [-0.15, -0.1) is 0 Å². The Labute approximate surface area is 126 Å². The fraction of sp³-hybridized carbons (Fsp3) is 0.588. The molecule has 0 atom stereocenters. The predicted octanol–water partition coefficient (Wildman–Crippen LogP) is 2.91. The molecule has 0 bridgehead atoms. The lowest BCUT2D eigenvalue weighted by atomic mass is 9.96. The van der Waals surface area contributed by atoms with E-state index in [4.69, 9.17) is 0 Å². The van der Waals surface area contributed by atoms with Crippen LogP contribution in [0.25, 0.3) is 0 Å². The molecular formula is C17H25FN2O. The van der Waals surface area contributed by atoms with Crippen molar-refractivity contribution < 1.29 is 9.18 Å². The SMILES string of the molecule is CCC(=O)N(C)CC1CCN(Cc2ccccc2F)CC1. The first-order valence-corrected chi connectivity index (χ1v) is 7.80. The molecule has 1 aromatic carbocycles. The summed E-state index contributed by atoms with van der Waals surface area (Å²) in [5, 5.41) is 0. The van der Waals surface area contributed by atoms with E-state index in [0.29, 0.717) is 18.9 Å². The number of hydrogen-bond donors (Lipinski definition) is 0. The Hall–Kier alpha value is -1.42. The van der Waals surface area contributed by atoms with E-state index in [1.165, 1.54) is 6.07 Å². The Morgan fingerprint density at radius 1 is 1.33 bits per heavy atom. The number of benzene rings is 1. The molecule has 21 heavy (non-hydrogen) atoms. The van der Waals surface area contributed by atoms with E-state index in [2.05, 4.69) is 4.90 Å². The summed E-state index contributed by atoms with van der Waals surface area (Å²) in [5.41, 5.74) is 0.772. The zero-order chi connectivity index (χ0) is 15.2. The summed E-state index contributed by atoms with van der Waals surface area (Å²) in [6.45, 7) is 5.39. The van der Waals surface area contributed by atoms with E-state index in [1.54, 1.807) is 6.07 Å². The molecular weight excluding hydrogens is 267 g/mol. The van der Waals surface area contributed by atoms with Gasteiger partial charge in [-0.25, -0.2) is 4.39 Å². The maximum atomic E-state index is 13.7. The quantitative estimate of drug-likeness (QED) is 0.833. The summed E-state index contributed by atoms with van der Waals surface area (Å²) in [5.74, 6) is 0.666. The summed E-state index contributed by atoms with van der Waals surface area (Å²) < 4.78 is 13.7. The number of hydrogen-bond acceptors (Lipinski definition) is 2. The predicted molar refractivity (Wildman–Crippen MR) is 82.3 cm³/mol. The summed E-state index contributed by atoms with van der Waals surface area (Å²) in [4.78, 5) is 15.7. The van der Waals surface area contributed by atoms with Crippen molar-refractivity contribution in [3.8, 4) is 0 Å². The first-order chi connectivity index (χ1) is 10.1. The lowest BCUT2D eigenvalue weighted by molar-refractivity contribution is -0.130. The fourth-order valence-corrected chi connectivity index (χ4v) is 2.95. The van der Waals surface area contributed by atoms with Crippen LogP contribution in [0.1, 0.15) is 31.7 Å². The first kappa shape index (κ1) is 16.0. The van der Waals surface area contributed by atoms with Gasteiger partial charge in [0.1, 0.15) is 5.82 Å². The number of carbonyl (C=O) groups excluding carboxylic acids is 1. The van der Waals surface area contributed by atoms with Crippen LogP contribution in [-0.4, -0.2) is 42.4 Å². The topological polar surface area (TPSA) is 23.6 Å². The highest BCUT2D eigenvalue weighted by molar-refractivity contribution is 5.75. The maximum absolute atomic E-state index is 13.7. The Bertz CT molecular complexity index is 470. The van der Waals surface area contributed by atoms with E-state index in [1.807, 2.05) is 31.0 Å². The van der Waals surface area contributed by atoms with Crippen molar-refractivity contribution in [2.45, 2.75) is 32.7 Å². The number of piperidine rings is 1. The lowest BCUT2D eigenvalue weighted by Crippen LogP contribution is -2.39. The van der Waals surface area contributed by atoms with E-state index >= 15 is 0 Å². The molecule has 2 rings (SSSR count). The smallest absolute Gasteiger partial charge is 0.222 e. The molecule has 1 fully saturated rings. The van der Waals surface area contributed by atoms with Crippen molar-refractivity contribution in [2.75, 3.05) is 26.7 Å². The van der Waals surface area contributed by atoms with Gasteiger partial charge >= 0.3 is 0 Å². The number of likely N-dealkylation sites (tertiary alicyclic amines) is 1. The van der Waals surface area contributed by atoms with Crippen LogP contribution in [0, 0.1) is 11.7 Å². The number of carbonyl (C=O) groups is 1. The van der Waals surface area contributed by atoms with Gasteiger partial charge in [0.2, 0.25) is 5.91 Å². The second kappa shape index (κ2) is 7.55. The standard InChI is InChI=1S/C17H25FN2O/c1-3-17(21)19(2)12-14-8-10-20(11-9-14)13-15-6-4-5-7-16(15)18/h4-7,14H,3,8-13H2,1-2H3. The molecule has 3 nitrogen and oxygen atoms in total. The van der Waals surface area contributed by atoms with E-state index in [9.17, 15) is 9.18 Å². The van der Waals surface area contributed by atoms with Crippen molar-refractivity contribution in [1.82, 2.24) is 9.80 Å². The molecule has 1 heterocycles. The van der Waals surface area contributed by atoms with Gasteiger partial charge in [-0.2, -0.15) is 0 Å². The third-order valence-electron chi connectivity index (χ3n) is 4.32. The van der Waals surface area contributed by atoms with Gasteiger partial charge in [0, 0.05) is 32.1 Å². The van der Waals surface area contributed by atoms with Crippen LogP contribution >= 0.6 is 0 Å². The van der Waals surface area contributed by atoms with Crippen molar-refractivity contribution in [2.24, 2.45) is 5.92 Å². The highest BCUT2D eigenvalue weighted by Gasteiger charge is 2.22. The molecule has 116 valence electrons. The molecule has 1 saturated heterocycles. The lowest BCUT2D eigenvalue weighted by Gasteiger charge is -2.34. The summed E-state index contributed by atoms with van der Waals surface area (Å²) >= 11 is 0. The molecule has 0 spiro atoms. The van der Waals surface area contributed by atoms with E-state index < -0.39 is 0 Å². The summed E-state index contributed by atoms with van der Waals surface area (Å²) in [7, 11) is 1.89. The molecule has 1 aliphatic rings. The number of rotatable bonds is 5. The van der Waals surface area contributed by atoms with Gasteiger partial charge in [0.25, 0.3) is 0 Å². The largest absolute Gasteiger partial charge is 0.345 e. The zero-order valence-electron chi connectivity index (χ0n) is 13.0. The highest BCUT2D eigenvalue weighted by Crippen LogP contribution is 2.20. The van der Waals surface area contributed by atoms with Gasteiger partial charge in [-0.3, -0.25) is 9.69 Å². The molecule has 1 aliphatic heterocycles. The number of nitrogens with zero attached hydrogens (tertiary/aromatic N) is 2. The third-order valence-corrected chi connectivity index (χ3v) is 4.32. The van der Waals surface area contributed by atoms with Crippen molar-refractivity contribution in [3.63, 3.8) is 0 Å². The summed E-state index contributed by atoms with van der Waals surface area (Å²) in [6.07, 6.45) is 2.73. The van der Waals surface area contributed by atoms with E-state index in [0.717, 1.165) is 38.0 Å². The van der Waals surface area contributed by atoms with Crippen molar-refractivity contribution >= 4 is 5.91 Å². The first-order valence-electron chi connectivity index (χ1n) is 7.80. The normalized spacial score (nSPS) is 16.9. The summed E-state index contributed by atoms with van der Waals surface area (Å²) in [6, 6.07) is 6.99. The fourth-order valence-electron chi connectivity index (χ4n) is 2.95. The highest BCUT2D eigenvalue weighted by atomic mass is 19.1. The second-order valence-electron chi connectivity index (χ2n) is 5.94.